The van der Waals surface area contributed by atoms with Gasteiger partial charge in [0.15, 0.2) is 5.43 Å². The Kier molecular flexibility index (Phi) is 10.2. The van der Waals surface area contributed by atoms with Gasteiger partial charge in [-0.2, -0.15) is 0 Å². The number of carbonyl (C=O) groups is 2. The Labute approximate surface area is 277 Å². The Morgan fingerprint density at radius 2 is 1.46 bits per heavy atom. The number of esters is 2. The van der Waals surface area contributed by atoms with Crippen molar-refractivity contribution in [1.29, 1.82) is 0 Å². The molecule has 0 amide bonds. The standard InChI is InChI=1S/C36H37N4O5.Fe/c1-9-22-18(3)26-16-29-23(10-2)20(5)34(39-29)36(43)35-21(6)25(12-14-33(42)45-8)31(40-35)17-30-24(11-13-32(41)44-7)19(4)27(38-30)15-28(22)37-26;/h9-10,15-17H,1-2,11-14H2,3-8H3,(H2-,37,38,39,40,43);/q-1;+2/p-1. The smallest absolute Gasteiger partial charge is 0.657 e. The molecule has 0 fully saturated rings. The molecular weight excluding hydrogens is 624 g/mol. The van der Waals surface area contributed by atoms with Gasteiger partial charge in [-0.05, 0) is 62.8 Å². The number of ether oxygens (including phenoxy) is 2. The number of nitrogens with zero attached hydrogens (tertiary/aromatic N) is 3. The van der Waals surface area contributed by atoms with Gasteiger partial charge in [0.1, 0.15) is 5.69 Å². The molecule has 8 bridgehead atoms. The van der Waals surface area contributed by atoms with Gasteiger partial charge in [-0.15, -0.1) is 16.6 Å². The number of nitrogens with one attached hydrogen (secondary N) is 1. The van der Waals surface area contributed by atoms with E-state index in [2.05, 4.69) is 18.1 Å². The van der Waals surface area contributed by atoms with Crippen LogP contribution in [-0.4, -0.2) is 36.1 Å². The molecule has 1 aliphatic heterocycles. The third-order valence-corrected chi connectivity index (χ3v) is 8.66. The van der Waals surface area contributed by atoms with E-state index < -0.39 is 0 Å². The van der Waals surface area contributed by atoms with Crippen molar-refractivity contribution in [1.82, 2.24) is 19.9 Å². The minimum atomic E-state index is -0.367. The summed E-state index contributed by atoms with van der Waals surface area (Å²) in [6, 6.07) is 5.72. The van der Waals surface area contributed by atoms with Crippen molar-refractivity contribution >= 4 is 68.3 Å². The quantitative estimate of drug-likeness (QED) is 0.171. The van der Waals surface area contributed by atoms with Crippen molar-refractivity contribution < 1.29 is 36.1 Å². The molecule has 0 spiro atoms. The molecule has 0 aliphatic carbocycles. The second-order valence-corrected chi connectivity index (χ2v) is 11.1. The molecule has 0 unspecified atom stereocenters. The topological polar surface area (TPSA) is 127 Å². The van der Waals surface area contributed by atoms with Crippen molar-refractivity contribution in [2.45, 2.75) is 53.4 Å². The summed E-state index contributed by atoms with van der Waals surface area (Å²) in [7, 11) is 2.71. The first-order chi connectivity index (χ1) is 21.5. The molecule has 5 heterocycles. The van der Waals surface area contributed by atoms with E-state index in [1.165, 1.54) is 14.2 Å². The third-order valence-electron chi connectivity index (χ3n) is 8.66. The van der Waals surface area contributed by atoms with Crippen LogP contribution in [0.5, 0.6) is 0 Å². The Bertz CT molecular complexity index is 2130. The number of aryl methyl sites for hydroxylation is 4. The zero-order chi connectivity index (χ0) is 32.6. The fourth-order valence-electron chi connectivity index (χ4n) is 5.99. The monoisotopic (exact) mass is 660 g/mol. The van der Waals surface area contributed by atoms with E-state index in [-0.39, 0.29) is 58.5 Å². The number of H-pyrrole nitrogens is 1. The number of methoxy groups -OCH3 is 2. The zero-order valence-electron chi connectivity index (χ0n) is 26.9. The van der Waals surface area contributed by atoms with E-state index in [1.54, 1.807) is 12.2 Å². The second kappa shape index (κ2) is 13.8. The molecule has 0 saturated heterocycles. The van der Waals surface area contributed by atoms with Crippen molar-refractivity contribution in [2.75, 3.05) is 14.2 Å². The maximum Gasteiger partial charge on any atom is 2.00 e. The van der Waals surface area contributed by atoms with Crippen molar-refractivity contribution in [2.24, 2.45) is 0 Å². The average Bonchev–Trinajstić information content (AvgIpc) is 3.70. The molecular formula is C36H36FeN4O5. The zero-order valence-corrected chi connectivity index (χ0v) is 28.0. The van der Waals surface area contributed by atoms with Gasteiger partial charge in [0.2, 0.25) is 0 Å². The molecule has 4 aromatic rings. The van der Waals surface area contributed by atoms with Crippen LogP contribution >= 0.6 is 0 Å². The summed E-state index contributed by atoms with van der Waals surface area (Å²) in [6.07, 6.45) is 4.51. The molecule has 0 saturated carbocycles. The molecule has 9 nitrogen and oxygen atoms in total. The van der Waals surface area contributed by atoms with Crippen LogP contribution in [0, 0.1) is 20.8 Å². The Hall–Kier alpha value is -4.66. The van der Waals surface area contributed by atoms with Crippen LogP contribution < -0.4 is 15.4 Å². The molecule has 1 aliphatic rings. The molecule has 0 radical (unpaired) electrons. The number of allylic oxidation sites excluding steroid dienone is 2. The number of fused-ring (bicyclic) bond motifs is 8. The fourth-order valence-corrected chi connectivity index (χ4v) is 5.99. The van der Waals surface area contributed by atoms with E-state index in [9.17, 15) is 14.4 Å². The molecule has 4 aromatic heterocycles. The Morgan fingerprint density at radius 1 is 0.826 bits per heavy atom. The van der Waals surface area contributed by atoms with E-state index in [0.29, 0.717) is 40.7 Å². The van der Waals surface area contributed by atoms with Gasteiger partial charge in [0, 0.05) is 29.4 Å². The molecule has 5 rings (SSSR count). The van der Waals surface area contributed by atoms with Crippen molar-refractivity contribution in [3.05, 3.63) is 86.3 Å². The van der Waals surface area contributed by atoms with Gasteiger partial charge in [0.25, 0.3) is 0 Å². The van der Waals surface area contributed by atoms with Crippen molar-refractivity contribution in [3.63, 3.8) is 0 Å². The minimum Gasteiger partial charge on any atom is -0.657 e. The van der Waals surface area contributed by atoms with Crippen LogP contribution in [0.15, 0.2) is 36.2 Å². The first-order valence-corrected chi connectivity index (χ1v) is 14.7. The minimum absolute atomic E-state index is 0. The number of aromatic nitrogens is 4. The normalized spacial score (nSPS) is 11.8. The summed E-state index contributed by atoms with van der Waals surface area (Å²) in [4.78, 5) is 56.5. The molecule has 0 atom stereocenters. The van der Waals surface area contributed by atoms with Crippen LogP contribution in [0.1, 0.15) is 71.0 Å². The van der Waals surface area contributed by atoms with Crippen LogP contribution in [-0.2, 0) is 42.6 Å². The maximum atomic E-state index is 14.1. The fraction of sp³-hybridized carbons (Fsp3) is 0.278. The number of aromatic amines is 1. The summed E-state index contributed by atoms with van der Waals surface area (Å²) in [5.74, 6) is -0.697. The van der Waals surface area contributed by atoms with Gasteiger partial charge >= 0.3 is 29.0 Å². The van der Waals surface area contributed by atoms with Crippen LogP contribution in [0.2, 0.25) is 0 Å². The van der Waals surface area contributed by atoms with Crippen LogP contribution in [0.25, 0.3) is 56.4 Å². The average molecular weight is 661 g/mol. The van der Waals surface area contributed by atoms with E-state index in [0.717, 1.165) is 49.9 Å². The summed E-state index contributed by atoms with van der Waals surface area (Å²) in [5, 5.41) is 0. The first-order valence-electron chi connectivity index (χ1n) is 14.7. The first kappa shape index (κ1) is 34.2. The molecule has 46 heavy (non-hydrogen) atoms. The van der Waals surface area contributed by atoms with Gasteiger partial charge in [-0.3, -0.25) is 14.4 Å². The van der Waals surface area contributed by atoms with E-state index in [4.69, 9.17) is 24.4 Å². The number of hydrogen-bond acceptors (Lipinski definition) is 6. The Morgan fingerprint density at radius 3 is 2.09 bits per heavy atom. The molecule has 0 aromatic carbocycles. The number of hydrogen-bond donors (Lipinski definition) is 1. The predicted molar refractivity (Wildman–Crippen MR) is 179 cm³/mol. The molecule has 238 valence electrons. The maximum absolute atomic E-state index is 14.1. The van der Waals surface area contributed by atoms with Crippen molar-refractivity contribution in [3.8, 4) is 0 Å². The summed E-state index contributed by atoms with van der Waals surface area (Å²) >= 11 is 0. The van der Waals surface area contributed by atoms with Crippen LogP contribution in [0.4, 0.5) is 0 Å². The third kappa shape index (κ3) is 6.10. The number of rotatable bonds is 8. The second-order valence-electron chi connectivity index (χ2n) is 11.1. The Balaban J connectivity index is 0.00000480. The van der Waals surface area contributed by atoms with Crippen LogP contribution in [0.3, 0.4) is 0 Å². The van der Waals surface area contributed by atoms with Gasteiger partial charge < -0.3 is 24.4 Å². The summed E-state index contributed by atoms with van der Waals surface area (Å²) < 4.78 is 9.81. The SMILES string of the molecule is C=Cc1c(C)c2[n-]c1cc1[nH]c(cc3[n-]c(cc4nc(c2=O)C(C)=C4CCC(=O)OC)c(CCC(=O)OC)c3C)c(C=C)c1C.[Fe+2]. The largest absolute Gasteiger partial charge is 2.00 e. The van der Waals surface area contributed by atoms with Gasteiger partial charge in [-0.25, -0.2) is 4.98 Å². The molecule has 1 N–H and O–H groups in total. The number of carbonyl (C=O) groups excluding carboxylic acids is 2. The van der Waals surface area contributed by atoms with Gasteiger partial charge in [-0.1, -0.05) is 65.7 Å². The van der Waals surface area contributed by atoms with E-state index >= 15 is 0 Å². The van der Waals surface area contributed by atoms with E-state index in [1.807, 2.05) is 45.9 Å². The van der Waals surface area contributed by atoms with Gasteiger partial charge in [0.05, 0.1) is 19.9 Å². The summed E-state index contributed by atoms with van der Waals surface area (Å²) in [5.41, 5.74) is 10.9. The summed E-state index contributed by atoms with van der Waals surface area (Å²) in [6.45, 7) is 15.7. The molecule has 10 heteroatoms. The predicted octanol–water partition coefficient (Wildman–Crippen LogP) is 6.34.